The summed E-state index contributed by atoms with van der Waals surface area (Å²) < 4.78 is 13.5. The van der Waals surface area contributed by atoms with Gasteiger partial charge in [0.15, 0.2) is 11.6 Å². The van der Waals surface area contributed by atoms with Crippen molar-refractivity contribution in [1.82, 2.24) is 0 Å². The van der Waals surface area contributed by atoms with Gasteiger partial charge in [0.1, 0.15) is 0 Å². The molecule has 0 bridgehead atoms. The predicted octanol–water partition coefficient (Wildman–Crippen LogP) is 4.27. The molecule has 0 radical (unpaired) electrons. The third-order valence-electron chi connectivity index (χ3n) is 4.05. The van der Waals surface area contributed by atoms with Crippen molar-refractivity contribution in [3.8, 4) is 5.75 Å². The Hall–Kier alpha value is -2.03. The number of phenols is 1. The average Bonchev–Trinajstić information content (AvgIpc) is 2.65. The van der Waals surface area contributed by atoms with Gasteiger partial charge in [-0.2, -0.15) is 0 Å². The topological polar surface area (TPSA) is 32.3 Å². The van der Waals surface area contributed by atoms with E-state index < -0.39 is 5.82 Å². The zero-order chi connectivity index (χ0) is 14.3. The van der Waals surface area contributed by atoms with Crippen LogP contribution in [0.4, 0.5) is 10.1 Å². The van der Waals surface area contributed by atoms with Crippen LogP contribution in [-0.2, 0) is 6.42 Å². The lowest BCUT2D eigenvalue weighted by molar-refractivity contribution is 0.337. The Bertz CT molecular complexity index is 651. The number of hydrogen-bond donors (Lipinski definition) is 2. The minimum atomic E-state index is -0.598. The van der Waals surface area contributed by atoms with Gasteiger partial charge in [-0.25, -0.2) is 4.39 Å². The molecule has 0 heterocycles. The molecule has 0 saturated heterocycles. The maximum Gasteiger partial charge on any atom is 0.166 e. The average molecular weight is 271 g/mol. The Morgan fingerprint density at radius 3 is 2.70 bits per heavy atom. The highest BCUT2D eigenvalue weighted by Crippen LogP contribution is 2.46. The summed E-state index contributed by atoms with van der Waals surface area (Å²) in [7, 11) is 0. The van der Waals surface area contributed by atoms with E-state index in [1.807, 2.05) is 6.07 Å². The second kappa shape index (κ2) is 4.51. The minimum absolute atomic E-state index is 0.0675. The first kappa shape index (κ1) is 13.0. The van der Waals surface area contributed by atoms with E-state index in [0.29, 0.717) is 5.69 Å². The first-order valence-corrected chi connectivity index (χ1v) is 6.80. The fourth-order valence-corrected chi connectivity index (χ4v) is 3.03. The zero-order valence-corrected chi connectivity index (χ0v) is 11.7. The number of hydrogen-bond acceptors (Lipinski definition) is 2. The standard InChI is InChI=1S/C17H18FNO/c1-17(2)10-11-5-3-4-6-13(11)16(17)19-12-7-8-15(20)14(18)9-12/h3-9,16,19-20H,10H2,1-2H3. The van der Waals surface area contributed by atoms with Gasteiger partial charge >= 0.3 is 0 Å². The third kappa shape index (κ3) is 2.13. The number of benzene rings is 2. The summed E-state index contributed by atoms with van der Waals surface area (Å²) in [4.78, 5) is 0. The van der Waals surface area contributed by atoms with E-state index in [1.165, 1.54) is 23.3 Å². The Balaban J connectivity index is 1.94. The number of nitrogens with one attached hydrogen (secondary N) is 1. The van der Waals surface area contributed by atoms with Crippen LogP contribution in [0.5, 0.6) is 5.75 Å². The van der Waals surface area contributed by atoms with E-state index in [-0.39, 0.29) is 17.2 Å². The quantitative estimate of drug-likeness (QED) is 0.800. The summed E-state index contributed by atoms with van der Waals surface area (Å²) in [5.41, 5.74) is 3.37. The molecule has 3 heteroatoms. The van der Waals surface area contributed by atoms with Gasteiger partial charge in [0, 0.05) is 11.8 Å². The van der Waals surface area contributed by atoms with Gasteiger partial charge in [0.2, 0.25) is 0 Å². The lowest BCUT2D eigenvalue weighted by Gasteiger charge is -2.29. The minimum Gasteiger partial charge on any atom is -0.505 e. The molecule has 2 N–H and O–H groups in total. The van der Waals surface area contributed by atoms with Gasteiger partial charge in [-0.15, -0.1) is 0 Å². The van der Waals surface area contributed by atoms with Gasteiger partial charge in [0.05, 0.1) is 6.04 Å². The van der Waals surface area contributed by atoms with Crippen LogP contribution in [0.25, 0.3) is 0 Å². The monoisotopic (exact) mass is 271 g/mol. The van der Waals surface area contributed by atoms with E-state index in [2.05, 4.69) is 37.4 Å². The number of anilines is 1. The van der Waals surface area contributed by atoms with Crippen LogP contribution in [0, 0.1) is 11.2 Å². The summed E-state index contributed by atoms with van der Waals surface area (Å²) in [6, 6.07) is 12.9. The number of aromatic hydroxyl groups is 1. The molecule has 1 unspecified atom stereocenters. The first-order chi connectivity index (χ1) is 9.47. The number of rotatable bonds is 2. The fraction of sp³-hybridized carbons (Fsp3) is 0.294. The molecule has 0 aromatic heterocycles. The number of fused-ring (bicyclic) bond motifs is 1. The van der Waals surface area contributed by atoms with Crippen LogP contribution in [0.15, 0.2) is 42.5 Å². The summed E-state index contributed by atoms with van der Waals surface area (Å²) in [6.45, 7) is 4.42. The lowest BCUT2D eigenvalue weighted by atomic mass is 9.85. The second-order valence-electron chi connectivity index (χ2n) is 6.11. The Morgan fingerprint density at radius 1 is 1.20 bits per heavy atom. The van der Waals surface area contributed by atoms with E-state index in [9.17, 15) is 9.50 Å². The summed E-state index contributed by atoms with van der Waals surface area (Å²) >= 11 is 0. The molecule has 0 aliphatic heterocycles. The van der Waals surface area contributed by atoms with Gasteiger partial charge in [-0.05, 0) is 35.1 Å². The lowest BCUT2D eigenvalue weighted by Crippen LogP contribution is -2.24. The maximum absolute atomic E-state index is 13.5. The molecule has 1 atom stereocenters. The Morgan fingerprint density at radius 2 is 1.95 bits per heavy atom. The molecule has 2 aromatic carbocycles. The molecule has 1 aliphatic carbocycles. The van der Waals surface area contributed by atoms with Crippen LogP contribution in [0.1, 0.15) is 31.0 Å². The predicted molar refractivity (Wildman–Crippen MR) is 78.4 cm³/mol. The molecule has 0 spiro atoms. The number of phenolic OH excluding ortho intramolecular Hbond substituents is 1. The van der Waals surface area contributed by atoms with Crippen molar-refractivity contribution in [2.24, 2.45) is 5.41 Å². The van der Waals surface area contributed by atoms with E-state index in [4.69, 9.17) is 0 Å². The van der Waals surface area contributed by atoms with Crippen molar-refractivity contribution < 1.29 is 9.50 Å². The fourth-order valence-electron chi connectivity index (χ4n) is 3.03. The highest BCUT2D eigenvalue weighted by molar-refractivity contribution is 5.51. The summed E-state index contributed by atoms with van der Waals surface area (Å²) in [5, 5.41) is 12.7. The Labute approximate surface area is 118 Å². The van der Waals surface area contributed by atoms with Gasteiger partial charge in [-0.1, -0.05) is 38.1 Å². The molecule has 1 aliphatic rings. The van der Waals surface area contributed by atoms with Crippen molar-refractivity contribution in [1.29, 1.82) is 0 Å². The van der Waals surface area contributed by atoms with E-state index >= 15 is 0 Å². The van der Waals surface area contributed by atoms with E-state index in [1.54, 1.807) is 6.07 Å². The van der Waals surface area contributed by atoms with Crippen molar-refractivity contribution in [2.75, 3.05) is 5.32 Å². The van der Waals surface area contributed by atoms with Gasteiger partial charge < -0.3 is 10.4 Å². The third-order valence-corrected chi connectivity index (χ3v) is 4.05. The molecule has 3 rings (SSSR count). The highest BCUT2D eigenvalue weighted by atomic mass is 19.1. The Kier molecular flexibility index (Phi) is 2.93. The number of halogens is 1. The second-order valence-corrected chi connectivity index (χ2v) is 6.11. The SMILES string of the molecule is CC1(C)Cc2ccccc2C1Nc1ccc(O)c(F)c1. The molecule has 0 saturated carbocycles. The van der Waals surface area contributed by atoms with E-state index in [0.717, 1.165) is 6.42 Å². The normalized spacial score (nSPS) is 19.6. The molecule has 2 aromatic rings. The van der Waals surface area contributed by atoms with Crippen molar-refractivity contribution in [2.45, 2.75) is 26.3 Å². The maximum atomic E-state index is 13.5. The molecule has 0 fully saturated rings. The molecular formula is C17H18FNO. The molecule has 2 nitrogen and oxygen atoms in total. The zero-order valence-electron chi connectivity index (χ0n) is 11.7. The van der Waals surface area contributed by atoms with Crippen molar-refractivity contribution in [3.63, 3.8) is 0 Å². The van der Waals surface area contributed by atoms with Crippen LogP contribution in [0.3, 0.4) is 0 Å². The molecule has 20 heavy (non-hydrogen) atoms. The summed E-state index contributed by atoms with van der Waals surface area (Å²) in [5.74, 6) is -0.916. The van der Waals surface area contributed by atoms with Crippen LogP contribution in [0.2, 0.25) is 0 Å². The largest absolute Gasteiger partial charge is 0.505 e. The molecule has 104 valence electrons. The van der Waals surface area contributed by atoms with Gasteiger partial charge in [0.25, 0.3) is 0 Å². The van der Waals surface area contributed by atoms with Crippen LogP contribution >= 0.6 is 0 Å². The molecule has 0 amide bonds. The highest BCUT2D eigenvalue weighted by Gasteiger charge is 2.38. The van der Waals surface area contributed by atoms with Crippen LogP contribution in [-0.4, -0.2) is 5.11 Å². The van der Waals surface area contributed by atoms with Crippen molar-refractivity contribution in [3.05, 3.63) is 59.4 Å². The smallest absolute Gasteiger partial charge is 0.166 e. The van der Waals surface area contributed by atoms with Gasteiger partial charge in [-0.3, -0.25) is 0 Å². The van der Waals surface area contributed by atoms with Crippen molar-refractivity contribution >= 4 is 5.69 Å². The molecular weight excluding hydrogens is 253 g/mol. The summed E-state index contributed by atoms with van der Waals surface area (Å²) in [6.07, 6.45) is 1.00. The first-order valence-electron chi connectivity index (χ1n) is 6.80. The van der Waals surface area contributed by atoms with Crippen LogP contribution < -0.4 is 5.32 Å².